The molecule has 2 aromatic carbocycles. The number of benzene rings is 2. The van der Waals surface area contributed by atoms with Crippen LogP contribution in [0.5, 0.6) is 5.75 Å². The lowest BCUT2D eigenvalue weighted by molar-refractivity contribution is -0.155. The highest BCUT2D eigenvalue weighted by molar-refractivity contribution is 6.44. The topological polar surface area (TPSA) is 94.8 Å². The average Bonchev–Trinajstić information content (AvgIpc) is 2.69. The van der Waals surface area contributed by atoms with Crippen LogP contribution in [0.25, 0.3) is 11.0 Å². The maximum absolute atomic E-state index is 12.2. The van der Waals surface area contributed by atoms with E-state index in [2.05, 4.69) is 5.32 Å². The summed E-state index contributed by atoms with van der Waals surface area (Å²) in [5.41, 5.74) is 0.946. The first-order valence-corrected chi connectivity index (χ1v) is 9.62. The largest absolute Gasteiger partial charge is 0.482 e. The predicted octanol–water partition coefficient (Wildman–Crippen LogP) is 4.36. The number of nitrogens with one attached hydrogen (secondary N) is 1. The van der Waals surface area contributed by atoms with Crippen LogP contribution < -0.4 is 15.7 Å². The third kappa shape index (κ3) is 5.11. The van der Waals surface area contributed by atoms with E-state index >= 15 is 0 Å². The van der Waals surface area contributed by atoms with Gasteiger partial charge >= 0.3 is 11.6 Å². The Hall–Kier alpha value is -3.03. The van der Waals surface area contributed by atoms with Crippen molar-refractivity contribution in [1.82, 2.24) is 0 Å². The Bertz CT molecular complexity index is 1170. The lowest BCUT2D eigenvalue weighted by atomic mass is 10.1. The van der Waals surface area contributed by atoms with E-state index in [0.717, 1.165) is 10.9 Å². The van der Waals surface area contributed by atoms with Gasteiger partial charge in [-0.2, -0.15) is 0 Å². The maximum atomic E-state index is 12.2. The summed E-state index contributed by atoms with van der Waals surface area (Å²) in [4.78, 5) is 35.8. The molecule has 30 heavy (non-hydrogen) atoms. The Kier molecular flexibility index (Phi) is 6.64. The van der Waals surface area contributed by atoms with Gasteiger partial charge < -0.3 is 19.2 Å². The SMILES string of the molecule is Cc1cc(=O)oc2cc(OCC(=O)O[C@H](C)C(=O)Nc3cccc(Cl)c3Cl)ccc12. The van der Waals surface area contributed by atoms with Crippen molar-refractivity contribution in [2.75, 3.05) is 11.9 Å². The quantitative estimate of drug-likeness (QED) is 0.443. The van der Waals surface area contributed by atoms with Crippen LogP contribution in [0.2, 0.25) is 10.0 Å². The van der Waals surface area contributed by atoms with Crippen LogP contribution >= 0.6 is 23.2 Å². The molecule has 0 bridgehead atoms. The number of hydrogen-bond donors (Lipinski definition) is 1. The fourth-order valence-electron chi connectivity index (χ4n) is 2.66. The standard InChI is InChI=1S/C21H17Cl2NO6/c1-11-8-18(25)30-17-9-13(6-7-14(11)17)28-10-19(26)29-12(2)21(27)24-16-5-3-4-15(22)20(16)23/h3-9,12H,10H2,1-2H3,(H,24,27)/t12-/m1/s1. The number of anilines is 1. The summed E-state index contributed by atoms with van der Waals surface area (Å²) in [5.74, 6) is -1.01. The Morgan fingerprint density at radius 1 is 1.17 bits per heavy atom. The second-order valence-corrected chi connectivity index (χ2v) is 7.20. The lowest BCUT2D eigenvalue weighted by Crippen LogP contribution is -2.31. The van der Waals surface area contributed by atoms with Gasteiger partial charge in [-0.25, -0.2) is 9.59 Å². The van der Waals surface area contributed by atoms with E-state index in [1.165, 1.54) is 19.1 Å². The summed E-state index contributed by atoms with van der Waals surface area (Å²) in [6.45, 7) is 2.77. The van der Waals surface area contributed by atoms with E-state index in [4.69, 9.17) is 37.1 Å². The highest BCUT2D eigenvalue weighted by atomic mass is 35.5. The first-order chi connectivity index (χ1) is 14.2. The molecule has 7 nitrogen and oxygen atoms in total. The van der Waals surface area contributed by atoms with E-state index in [1.54, 1.807) is 37.3 Å². The molecule has 3 rings (SSSR count). The summed E-state index contributed by atoms with van der Waals surface area (Å²) >= 11 is 11.9. The minimum Gasteiger partial charge on any atom is -0.482 e. The van der Waals surface area contributed by atoms with Gasteiger partial charge in [0.1, 0.15) is 11.3 Å². The van der Waals surface area contributed by atoms with Crippen molar-refractivity contribution in [1.29, 1.82) is 0 Å². The summed E-state index contributed by atoms with van der Waals surface area (Å²) in [7, 11) is 0. The van der Waals surface area contributed by atoms with Crippen molar-refractivity contribution < 1.29 is 23.5 Å². The van der Waals surface area contributed by atoms with E-state index in [9.17, 15) is 14.4 Å². The molecule has 3 aromatic rings. The number of halogens is 2. The summed E-state index contributed by atoms with van der Waals surface area (Å²) in [5, 5.41) is 3.78. The van der Waals surface area contributed by atoms with Gasteiger partial charge in [0.05, 0.1) is 15.7 Å². The molecule has 156 valence electrons. The number of aryl methyl sites for hydroxylation is 1. The average molecular weight is 450 g/mol. The summed E-state index contributed by atoms with van der Waals surface area (Å²) < 4.78 is 15.6. The lowest BCUT2D eigenvalue weighted by Gasteiger charge is -2.15. The number of ether oxygens (including phenoxy) is 2. The second-order valence-electron chi connectivity index (χ2n) is 6.42. The van der Waals surface area contributed by atoms with Crippen molar-refractivity contribution in [2.45, 2.75) is 20.0 Å². The molecule has 0 unspecified atom stereocenters. The molecule has 0 aliphatic rings. The van der Waals surface area contributed by atoms with Crippen LogP contribution in [-0.2, 0) is 14.3 Å². The monoisotopic (exact) mass is 449 g/mol. The zero-order valence-corrected chi connectivity index (χ0v) is 17.5. The zero-order valence-electron chi connectivity index (χ0n) is 16.0. The van der Waals surface area contributed by atoms with Gasteiger partial charge in [0, 0.05) is 17.5 Å². The molecule has 1 aromatic heterocycles. The predicted molar refractivity (Wildman–Crippen MR) is 113 cm³/mol. The van der Waals surface area contributed by atoms with Gasteiger partial charge in [0.25, 0.3) is 5.91 Å². The third-order valence-electron chi connectivity index (χ3n) is 4.17. The normalized spacial score (nSPS) is 11.7. The maximum Gasteiger partial charge on any atom is 0.344 e. The zero-order chi connectivity index (χ0) is 21.8. The van der Waals surface area contributed by atoms with E-state index in [1.807, 2.05) is 0 Å². The molecule has 1 N–H and O–H groups in total. The highest BCUT2D eigenvalue weighted by Gasteiger charge is 2.19. The minimum absolute atomic E-state index is 0.188. The van der Waals surface area contributed by atoms with Gasteiger partial charge in [0.15, 0.2) is 12.7 Å². The molecule has 0 aliphatic carbocycles. The van der Waals surface area contributed by atoms with Gasteiger partial charge in [-0.15, -0.1) is 0 Å². The molecule has 0 saturated carbocycles. The fourth-order valence-corrected chi connectivity index (χ4v) is 3.00. The summed E-state index contributed by atoms with van der Waals surface area (Å²) in [6.07, 6.45) is -1.09. The molecule has 0 aliphatic heterocycles. The van der Waals surface area contributed by atoms with E-state index < -0.39 is 30.2 Å². The number of hydrogen-bond acceptors (Lipinski definition) is 6. The van der Waals surface area contributed by atoms with Crippen LogP contribution in [0.3, 0.4) is 0 Å². The molecule has 0 fully saturated rings. The molecule has 1 heterocycles. The number of amides is 1. The smallest absolute Gasteiger partial charge is 0.344 e. The van der Waals surface area contributed by atoms with E-state index in [-0.39, 0.29) is 10.0 Å². The van der Waals surface area contributed by atoms with Crippen LogP contribution in [0.15, 0.2) is 51.7 Å². The van der Waals surface area contributed by atoms with E-state index in [0.29, 0.717) is 17.0 Å². The minimum atomic E-state index is -1.09. The summed E-state index contributed by atoms with van der Waals surface area (Å²) in [6, 6.07) is 11.0. The van der Waals surface area contributed by atoms with Crippen molar-refractivity contribution in [3.63, 3.8) is 0 Å². The molecule has 0 spiro atoms. The van der Waals surface area contributed by atoms with Crippen molar-refractivity contribution in [3.8, 4) is 5.75 Å². The Morgan fingerprint density at radius 3 is 2.70 bits per heavy atom. The molecule has 0 saturated heterocycles. The number of esters is 1. The molecular formula is C21H17Cl2NO6. The molecule has 9 heteroatoms. The number of rotatable bonds is 6. The molecule has 1 amide bonds. The number of fused-ring (bicyclic) bond motifs is 1. The van der Waals surface area contributed by atoms with Crippen LogP contribution in [-0.4, -0.2) is 24.6 Å². The van der Waals surface area contributed by atoms with Crippen molar-refractivity contribution >= 4 is 51.7 Å². The van der Waals surface area contributed by atoms with Gasteiger partial charge in [-0.05, 0) is 43.7 Å². The molecular weight excluding hydrogens is 433 g/mol. The van der Waals surface area contributed by atoms with Crippen molar-refractivity contribution in [3.05, 3.63) is 68.5 Å². The van der Waals surface area contributed by atoms with Crippen LogP contribution in [0, 0.1) is 6.92 Å². The fraction of sp³-hybridized carbons (Fsp3) is 0.190. The van der Waals surface area contributed by atoms with Gasteiger partial charge in [0.2, 0.25) is 0 Å². The molecule has 0 radical (unpaired) electrons. The third-order valence-corrected chi connectivity index (χ3v) is 4.99. The van der Waals surface area contributed by atoms with Crippen LogP contribution in [0.1, 0.15) is 12.5 Å². The van der Waals surface area contributed by atoms with Crippen LogP contribution in [0.4, 0.5) is 5.69 Å². The Morgan fingerprint density at radius 2 is 1.93 bits per heavy atom. The Labute approximate surface area is 181 Å². The van der Waals surface area contributed by atoms with Gasteiger partial charge in [-0.1, -0.05) is 29.3 Å². The number of carbonyl (C=O) groups excluding carboxylic acids is 2. The second kappa shape index (κ2) is 9.19. The molecule has 1 atom stereocenters. The number of carbonyl (C=O) groups is 2. The van der Waals surface area contributed by atoms with Gasteiger partial charge in [-0.3, -0.25) is 4.79 Å². The first kappa shape index (κ1) is 21.7. The van der Waals surface area contributed by atoms with Crippen molar-refractivity contribution in [2.24, 2.45) is 0 Å². The first-order valence-electron chi connectivity index (χ1n) is 8.86. The Balaban J connectivity index is 1.57. The highest BCUT2D eigenvalue weighted by Crippen LogP contribution is 2.29.